The van der Waals surface area contributed by atoms with Crippen LogP contribution in [0.5, 0.6) is 0 Å². The topological polar surface area (TPSA) is 34.9 Å². The second-order valence-corrected chi connectivity index (χ2v) is 7.05. The van der Waals surface area contributed by atoms with Gasteiger partial charge in [0.25, 0.3) is 0 Å². The van der Waals surface area contributed by atoms with Gasteiger partial charge in [-0.3, -0.25) is 9.36 Å². The van der Waals surface area contributed by atoms with Gasteiger partial charge in [-0.25, -0.2) is 4.98 Å². The number of carbonyl (C=O) groups is 1. The van der Waals surface area contributed by atoms with Crippen molar-refractivity contribution in [2.45, 2.75) is 40.0 Å². The number of carbonyl (C=O) groups excluding carboxylic acids is 1. The van der Waals surface area contributed by atoms with Gasteiger partial charge >= 0.3 is 0 Å². The van der Waals surface area contributed by atoms with Crippen molar-refractivity contribution in [3.05, 3.63) is 34.1 Å². The second-order valence-electron chi connectivity index (χ2n) is 5.94. The van der Waals surface area contributed by atoms with Crippen LogP contribution < -0.4 is 0 Å². The summed E-state index contributed by atoms with van der Waals surface area (Å²) in [4.78, 5) is 16.5. The van der Waals surface area contributed by atoms with Crippen LogP contribution in [0.15, 0.2) is 11.4 Å². The first kappa shape index (κ1) is 15.3. The molecule has 0 spiro atoms. The number of rotatable bonds is 3. The summed E-state index contributed by atoms with van der Waals surface area (Å²) in [5.74, 6) is -0.0336. The Kier molecular flexibility index (Phi) is 4.07. The molecule has 0 aromatic carbocycles. The smallest absolute Gasteiger partial charge is 0.194 e. The van der Waals surface area contributed by atoms with Crippen molar-refractivity contribution >= 4 is 28.7 Å². The van der Waals surface area contributed by atoms with Gasteiger partial charge in [-0.05, 0) is 19.9 Å². The van der Waals surface area contributed by atoms with Crippen LogP contribution in [0.3, 0.4) is 0 Å². The van der Waals surface area contributed by atoms with E-state index in [9.17, 15) is 4.79 Å². The lowest BCUT2D eigenvalue weighted by atomic mass is 9.93. The Bertz CT molecular complexity index is 649. The van der Waals surface area contributed by atoms with Crippen LogP contribution in [-0.4, -0.2) is 21.2 Å². The van der Waals surface area contributed by atoms with E-state index in [-0.39, 0.29) is 17.1 Å². The van der Waals surface area contributed by atoms with E-state index in [1.807, 2.05) is 24.5 Å². The zero-order valence-corrected chi connectivity index (χ0v) is 14.0. The van der Waals surface area contributed by atoms with E-state index in [0.29, 0.717) is 5.56 Å². The first-order chi connectivity index (χ1) is 9.25. The fourth-order valence-corrected chi connectivity index (χ4v) is 3.43. The van der Waals surface area contributed by atoms with Crippen molar-refractivity contribution in [1.29, 1.82) is 0 Å². The summed E-state index contributed by atoms with van der Waals surface area (Å²) in [5, 5.41) is 2.98. The molecule has 2 aromatic rings. The minimum absolute atomic E-state index is 0.00933. The molecule has 0 aliphatic carbocycles. The molecule has 2 heterocycles. The maximum absolute atomic E-state index is 11.8. The average Bonchev–Trinajstić information content (AvgIpc) is 2.93. The first-order valence-electron chi connectivity index (χ1n) is 6.50. The Morgan fingerprint density at radius 3 is 2.55 bits per heavy atom. The summed E-state index contributed by atoms with van der Waals surface area (Å²) in [7, 11) is 0. The van der Waals surface area contributed by atoms with E-state index in [4.69, 9.17) is 16.6 Å². The SMILES string of the molecule is Cc1cc(C(=O)CCl)c(C)n1-c1nc(C(C)(C)C)cs1. The summed E-state index contributed by atoms with van der Waals surface area (Å²) in [6.45, 7) is 10.3. The number of ketones is 1. The highest BCUT2D eigenvalue weighted by Gasteiger charge is 2.21. The molecule has 0 saturated heterocycles. The summed E-state index contributed by atoms with van der Waals surface area (Å²) >= 11 is 7.26. The Hall–Kier alpha value is -1.13. The predicted molar refractivity (Wildman–Crippen MR) is 84.7 cm³/mol. The summed E-state index contributed by atoms with van der Waals surface area (Å²) in [6.07, 6.45) is 0. The standard InChI is InChI=1S/C15H19ClN2OS/c1-9-6-11(12(19)7-16)10(2)18(9)14-17-13(8-20-14)15(3,4)5/h6,8H,7H2,1-5H3. The van der Waals surface area contributed by atoms with Gasteiger partial charge in [-0.15, -0.1) is 22.9 Å². The number of aromatic nitrogens is 2. The van der Waals surface area contributed by atoms with Crippen LogP contribution in [0, 0.1) is 13.8 Å². The van der Waals surface area contributed by atoms with E-state index in [0.717, 1.165) is 22.2 Å². The number of hydrogen-bond donors (Lipinski definition) is 0. The van der Waals surface area contributed by atoms with Crippen molar-refractivity contribution in [3.63, 3.8) is 0 Å². The van der Waals surface area contributed by atoms with Crippen molar-refractivity contribution in [1.82, 2.24) is 9.55 Å². The fourth-order valence-electron chi connectivity index (χ4n) is 2.12. The zero-order valence-electron chi connectivity index (χ0n) is 12.5. The highest BCUT2D eigenvalue weighted by Crippen LogP contribution is 2.28. The highest BCUT2D eigenvalue weighted by molar-refractivity contribution is 7.12. The molecule has 108 valence electrons. The number of halogens is 1. The van der Waals surface area contributed by atoms with Gasteiger partial charge in [0.15, 0.2) is 10.9 Å². The fraction of sp³-hybridized carbons (Fsp3) is 0.467. The molecule has 0 unspecified atom stereocenters. The number of aryl methyl sites for hydroxylation is 1. The minimum atomic E-state index is -0.0429. The van der Waals surface area contributed by atoms with Crippen LogP contribution in [0.4, 0.5) is 0 Å². The van der Waals surface area contributed by atoms with E-state index >= 15 is 0 Å². The molecule has 0 saturated carbocycles. The third kappa shape index (κ3) is 2.67. The summed E-state index contributed by atoms with van der Waals surface area (Å²) in [5.41, 5.74) is 3.69. The Labute approximate surface area is 128 Å². The van der Waals surface area contributed by atoms with Crippen molar-refractivity contribution in [2.24, 2.45) is 0 Å². The lowest BCUT2D eigenvalue weighted by Gasteiger charge is -2.14. The maximum atomic E-state index is 11.8. The van der Waals surface area contributed by atoms with Gasteiger partial charge in [0.2, 0.25) is 0 Å². The number of thiazole rings is 1. The Morgan fingerprint density at radius 2 is 2.05 bits per heavy atom. The molecule has 0 aliphatic heterocycles. The van der Waals surface area contributed by atoms with E-state index in [1.165, 1.54) is 0 Å². The Morgan fingerprint density at radius 1 is 1.40 bits per heavy atom. The van der Waals surface area contributed by atoms with Crippen LogP contribution in [-0.2, 0) is 5.41 Å². The number of alkyl halides is 1. The monoisotopic (exact) mass is 310 g/mol. The number of hydrogen-bond acceptors (Lipinski definition) is 3. The lowest BCUT2D eigenvalue weighted by Crippen LogP contribution is -2.12. The van der Waals surface area contributed by atoms with E-state index in [1.54, 1.807) is 11.3 Å². The molecule has 0 bridgehead atoms. The van der Waals surface area contributed by atoms with Crippen LogP contribution in [0.1, 0.15) is 48.2 Å². The molecule has 5 heteroatoms. The largest absolute Gasteiger partial charge is 0.294 e. The van der Waals surface area contributed by atoms with Gasteiger partial charge in [0.1, 0.15) is 0 Å². The normalized spacial score (nSPS) is 11.9. The van der Waals surface area contributed by atoms with Crippen LogP contribution >= 0.6 is 22.9 Å². The van der Waals surface area contributed by atoms with Gasteiger partial charge in [-0.1, -0.05) is 20.8 Å². The summed E-state index contributed by atoms with van der Waals surface area (Å²) in [6, 6.07) is 1.89. The van der Waals surface area contributed by atoms with Crippen molar-refractivity contribution < 1.29 is 4.79 Å². The van der Waals surface area contributed by atoms with Crippen LogP contribution in [0.25, 0.3) is 5.13 Å². The molecule has 0 aliphatic rings. The summed E-state index contributed by atoms with van der Waals surface area (Å²) < 4.78 is 2.03. The molecule has 0 N–H and O–H groups in total. The molecular formula is C15H19ClN2OS. The van der Waals surface area contributed by atoms with Gasteiger partial charge < -0.3 is 0 Å². The Balaban J connectivity index is 2.51. The molecular weight excluding hydrogens is 292 g/mol. The maximum Gasteiger partial charge on any atom is 0.194 e. The molecule has 2 aromatic heterocycles. The molecule has 3 nitrogen and oxygen atoms in total. The third-order valence-electron chi connectivity index (χ3n) is 3.30. The van der Waals surface area contributed by atoms with E-state index < -0.39 is 0 Å². The van der Waals surface area contributed by atoms with Crippen molar-refractivity contribution in [2.75, 3.05) is 5.88 Å². The van der Waals surface area contributed by atoms with Gasteiger partial charge in [0.05, 0.1) is 11.6 Å². The molecule has 2 rings (SSSR count). The van der Waals surface area contributed by atoms with E-state index in [2.05, 4.69) is 26.2 Å². The second kappa shape index (κ2) is 5.34. The third-order valence-corrected chi connectivity index (χ3v) is 4.37. The van der Waals surface area contributed by atoms with Crippen LogP contribution in [0.2, 0.25) is 0 Å². The minimum Gasteiger partial charge on any atom is -0.294 e. The zero-order chi connectivity index (χ0) is 15.1. The predicted octanol–water partition coefficient (Wildman–Crippen LogP) is 4.27. The highest BCUT2D eigenvalue weighted by atomic mass is 35.5. The average molecular weight is 311 g/mol. The molecule has 0 radical (unpaired) electrons. The number of Topliss-reactive ketones (excluding diaryl/α,β-unsaturated/α-hetero) is 1. The van der Waals surface area contributed by atoms with Crippen molar-refractivity contribution in [3.8, 4) is 5.13 Å². The molecule has 20 heavy (non-hydrogen) atoms. The molecule has 0 atom stereocenters. The quantitative estimate of drug-likeness (QED) is 0.627. The van der Waals surface area contributed by atoms with Gasteiger partial charge in [0, 0.05) is 27.7 Å². The molecule has 0 amide bonds. The molecule has 0 fully saturated rings. The lowest BCUT2D eigenvalue weighted by molar-refractivity contribution is 0.102. The van der Waals surface area contributed by atoms with Gasteiger partial charge in [-0.2, -0.15) is 0 Å². The first-order valence-corrected chi connectivity index (χ1v) is 7.91. The number of nitrogens with zero attached hydrogens (tertiary/aromatic N) is 2.